The fraction of sp³-hybridized carbons (Fsp3) is 0.345. The second kappa shape index (κ2) is 11.6. The number of nitrogens with zero attached hydrogens (tertiary/aromatic N) is 4. The normalized spacial score (nSPS) is 17.5. The number of hydrogen-bond acceptors (Lipinski definition) is 8. The Bertz CT molecular complexity index is 1640. The Labute approximate surface area is 244 Å². The minimum Gasteiger partial charge on any atom is -0.437 e. The summed E-state index contributed by atoms with van der Waals surface area (Å²) in [6.07, 6.45) is -1.95. The third-order valence-corrected chi connectivity index (χ3v) is 7.96. The van der Waals surface area contributed by atoms with Crippen molar-refractivity contribution >= 4 is 44.2 Å². The van der Waals surface area contributed by atoms with Gasteiger partial charge in [-0.25, -0.2) is 15.0 Å². The number of amides is 2. The summed E-state index contributed by atoms with van der Waals surface area (Å²) in [5.41, 5.74) is 0.149. The second-order valence-electron chi connectivity index (χ2n) is 10.4. The molecule has 0 saturated carbocycles. The first-order chi connectivity index (χ1) is 19.9. The molecule has 0 aliphatic carbocycles. The number of benzene rings is 2. The van der Waals surface area contributed by atoms with Gasteiger partial charge in [-0.1, -0.05) is 23.5 Å². The number of hydrogen-bond donors (Lipinski definition) is 2. The minimum absolute atomic E-state index is 0.00992. The van der Waals surface area contributed by atoms with E-state index in [1.54, 1.807) is 12.1 Å². The summed E-state index contributed by atoms with van der Waals surface area (Å²) in [6, 6.07) is 9.74. The van der Waals surface area contributed by atoms with Gasteiger partial charge in [-0.15, -0.1) is 0 Å². The third kappa shape index (κ3) is 6.21. The van der Waals surface area contributed by atoms with E-state index in [4.69, 9.17) is 4.74 Å². The fourth-order valence-corrected chi connectivity index (χ4v) is 6.20. The van der Waals surface area contributed by atoms with Crippen molar-refractivity contribution in [1.82, 2.24) is 19.9 Å². The van der Waals surface area contributed by atoms with Gasteiger partial charge in [-0.3, -0.25) is 14.5 Å². The maximum Gasteiger partial charge on any atom is 0.416 e. The number of para-hydroxylation sites is 1. The van der Waals surface area contributed by atoms with Crippen molar-refractivity contribution in [2.45, 2.75) is 64.8 Å². The van der Waals surface area contributed by atoms with E-state index >= 15 is 0 Å². The molecule has 0 unspecified atom stereocenters. The molecule has 5 rings (SSSR count). The van der Waals surface area contributed by atoms with Crippen molar-refractivity contribution < 1.29 is 27.5 Å². The zero-order valence-electron chi connectivity index (χ0n) is 23.3. The second-order valence-corrected chi connectivity index (χ2v) is 11.4. The highest BCUT2D eigenvalue weighted by Gasteiger charge is 2.38. The molecule has 1 aliphatic heterocycles. The number of nitrogens with one attached hydrogen (secondary N) is 2. The molecule has 13 heteroatoms. The summed E-state index contributed by atoms with van der Waals surface area (Å²) in [6.45, 7) is 7.41. The molecular formula is C29H29F3N6O3S. The summed E-state index contributed by atoms with van der Waals surface area (Å²) in [7, 11) is 0. The smallest absolute Gasteiger partial charge is 0.416 e. The number of thiazole rings is 1. The van der Waals surface area contributed by atoms with Gasteiger partial charge >= 0.3 is 6.18 Å². The van der Waals surface area contributed by atoms with Gasteiger partial charge in [0, 0.05) is 30.6 Å². The maximum atomic E-state index is 13.7. The predicted octanol–water partition coefficient (Wildman–Crippen LogP) is 6.72. The van der Waals surface area contributed by atoms with E-state index in [-0.39, 0.29) is 46.7 Å². The highest BCUT2D eigenvalue weighted by molar-refractivity contribution is 7.22. The SMILES string of the molecule is CC(=O)Nc1nc2c(Oc3cc(-c4ccc(C(F)(F)F)cc4NC(=O)[C@@H]4CC[C@@H](C)N4C(C)C)ncn3)cccc2s1. The number of alkyl halides is 3. The average molecular weight is 599 g/mol. The van der Waals surface area contributed by atoms with Gasteiger partial charge in [0.1, 0.15) is 11.8 Å². The van der Waals surface area contributed by atoms with Crippen LogP contribution in [-0.4, -0.2) is 49.8 Å². The molecule has 3 heterocycles. The summed E-state index contributed by atoms with van der Waals surface area (Å²) in [5, 5.41) is 5.82. The molecule has 2 amide bonds. The van der Waals surface area contributed by atoms with Gasteiger partial charge in [-0.05, 0) is 57.9 Å². The molecular weight excluding hydrogens is 569 g/mol. The lowest BCUT2D eigenvalue weighted by Crippen LogP contribution is -2.46. The van der Waals surface area contributed by atoms with Crippen molar-refractivity contribution in [2.24, 2.45) is 0 Å². The van der Waals surface area contributed by atoms with E-state index in [0.29, 0.717) is 22.8 Å². The van der Waals surface area contributed by atoms with Gasteiger partial charge in [0.25, 0.3) is 0 Å². The average Bonchev–Trinajstić information content (AvgIpc) is 3.51. The van der Waals surface area contributed by atoms with E-state index in [1.165, 1.54) is 36.7 Å². The summed E-state index contributed by atoms with van der Waals surface area (Å²) >= 11 is 1.28. The number of ether oxygens (including phenoxy) is 1. The zero-order valence-corrected chi connectivity index (χ0v) is 24.1. The maximum absolute atomic E-state index is 13.7. The largest absolute Gasteiger partial charge is 0.437 e. The lowest BCUT2D eigenvalue weighted by Gasteiger charge is -2.31. The lowest BCUT2D eigenvalue weighted by molar-refractivity contribution is -0.137. The van der Waals surface area contributed by atoms with Crippen molar-refractivity contribution in [2.75, 3.05) is 10.6 Å². The number of halogens is 3. The molecule has 0 radical (unpaired) electrons. The van der Waals surface area contributed by atoms with Gasteiger partial charge in [0.2, 0.25) is 17.7 Å². The molecule has 220 valence electrons. The Balaban J connectivity index is 1.48. The van der Waals surface area contributed by atoms with Crippen LogP contribution in [0.3, 0.4) is 0 Å². The fourth-order valence-electron chi connectivity index (χ4n) is 5.27. The van der Waals surface area contributed by atoms with Gasteiger partial charge in [0.05, 0.1) is 27.7 Å². The van der Waals surface area contributed by atoms with Crippen LogP contribution in [0.25, 0.3) is 21.5 Å². The van der Waals surface area contributed by atoms with E-state index in [9.17, 15) is 22.8 Å². The molecule has 2 aromatic carbocycles. The van der Waals surface area contributed by atoms with Crippen LogP contribution in [0, 0.1) is 0 Å². The molecule has 2 N–H and O–H groups in total. The summed E-state index contributed by atoms with van der Waals surface area (Å²) in [5.74, 6) is -0.135. The molecule has 2 aromatic heterocycles. The van der Waals surface area contributed by atoms with Gasteiger partial charge in [0.15, 0.2) is 10.9 Å². The van der Waals surface area contributed by atoms with Crippen LogP contribution in [0.1, 0.15) is 46.1 Å². The van der Waals surface area contributed by atoms with Crippen LogP contribution in [0.2, 0.25) is 0 Å². The van der Waals surface area contributed by atoms with Crippen molar-refractivity contribution in [1.29, 1.82) is 0 Å². The molecule has 1 fully saturated rings. The van der Waals surface area contributed by atoms with Crippen molar-refractivity contribution in [3.05, 3.63) is 54.4 Å². The number of carbonyl (C=O) groups excluding carboxylic acids is 2. The quantitative estimate of drug-likeness (QED) is 0.243. The number of rotatable bonds is 7. The highest BCUT2D eigenvalue weighted by Crippen LogP contribution is 2.38. The number of anilines is 2. The van der Waals surface area contributed by atoms with Crippen molar-refractivity contribution in [3.63, 3.8) is 0 Å². The molecule has 0 spiro atoms. The molecule has 42 heavy (non-hydrogen) atoms. The van der Waals surface area contributed by atoms with Crippen LogP contribution in [-0.2, 0) is 15.8 Å². The van der Waals surface area contributed by atoms with Crippen LogP contribution in [0.5, 0.6) is 11.6 Å². The van der Waals surface area contributed by atoms with Crippen molar-refractivity contribution in [3.8, 4) is 22.9 Å². The van der Waals surface area contributed by atoms with E-state index in [0.717, 1.165) is 23.3 Å². The molecule has 2 atom stereocenters. The topological polar surface area (TPSA) is 109 Å². The Hall–Kier alpha value is -4.10. The number of carbonyl (C=O) groups is 2. The van der Waals surface area contributed by atoms with Crippen LogP contribution >= 0.6 is 11.3 Å². The standard InChI is InChI=1S/C29H29F3N6O3S/c1-15(2)38-16(3)8-11-22(38)27(40)36-21-12-18(29(30,31)32)9-10-19(21)20-13-25(34-14-33-20)41-23-6-5-7-24-26(23)37-28(42-24)35-17(4)39/h5-7,9-10,12-16,22H,8,11H2,1-4H3,(H,36,40)(H,35,37,39)/t16-,22+/m1/s1. The minimum atomic E-state index is -4.61. The Morgan fingerprint density at radius 3 is 2.60 bits per heavy atom. The molecule has 4 aromatic rings. The summed E-state index contributed by atoms with van der Waals surface area (Å²) in [4.78, 5) is 39.8. The Morgan fingerprint density at radius 1 is 1.10 bits per heavy atom. The number of fused-ring (bicyclic) bond motifs is 1. The Morgan fingerprint density at radius 2 is 1.88 bits per heavy atom. The number of aromatic nitrogens is 3. The van der Waals surface area contributed by atoms with E-state index in [1.807, 2.05) is 26.8 Å². The summed E-state index contributed by atoms with van der Waals surface area (Å²) < 4.78 is 47.8. The number of likely N-dealkylation sites (tertiary alicyclic amines) is 1. The molecule has 0 bridgehead atoms. The molecule has 9 nitrogen and oxygen atoms in total. The third-order valence-electron chi connectivity index (χ3n) is 7.03. The first-order valence-electron chi connectivity index (χ1n) is 13.4. The van der Waals surface area contributed by atoms with Gasteiger partial charge in [-0.2, -0.15) is 13.2 Å². The first kappa shape index (κ1) is 29.4. The molecule has 1 saturated heterocycles. The lowest BCUT2D eigenvalue weighted by atomic mass is 10.0. The Kier molecular flexibility index (Phi) is 8.15. The zero-order chi connectivity index (χ0) is 30.2. The van der Waals surface area contributed by atoms with Crippen LogP contribution in [0.15, 0.2) is 48.8 Å². The predicted molar refractivity (Wildman–Crippen MR) is 155 cm³/mol. The van der Waals surface area contributed by atoms with Crippen LogP contribution in [0.4, 0.5) is 24.0 Å². The van der Waals surface area contributed by atoms with Gasteiger partial charge < -0.3 is 15.4 Å². The molecule has 1 aliphatic rings. The van der Waals surface area contributed by atoms with Crippen LogP contribution < -0.4 is 15.4 Å². The highest BCUT2D eigenvalue weighted by atomic mass is 32.1. The monoisotopic (exact) mass is 598 g/mol. The van der Waals surface area contributed by atoms with E-state index in [2.05, 4.69) is 30.5 Å². The first-order valence-corrected chi connectivity index (χ1v) is 14.2. The van der Waals surface area contributed by atoms with E-state index < -0.39 is 17.8 Å².